The van der Waals surface area contributed by atoms with Crippen LogP contribution in [0.3, 0.4) is 0 Å². The number of aryl methyl sites for hydroxylation is 2. The van der Waals surface area contributed by atoms with Gasteiger partial charge in [-0.2, -0.15) is 0 Å². The minimum atomic E-state index is 0.149. The van der Waals surface area contributed by atoms with E-state index in [4.69, 9.17) is 0 Å². The zero-order valence-electron chi connectivity index (χ0n) is 38.6. The zero-order chi connectivity index (χ0) is 42.8. The Bertz CT molecular complexity index is 2250. The number of rotatable bonds is 4. The number of fused-ring (bicyclic) bond motifs is 6. The van der Waals surface area contributed by atoms with Crippen LogP contribution in [0.15, 0.2) is 145 Å². The molecule has 0 aromatic heterocycles. The Morgan fingerprint density at radius 2 is 0.983 bits per heavy atom. The molecule has 0 heterocycles. The van der Waals surface area contributed by atoms with E-state index in [0.717, 1.165) is 0 Å². The highest BCUT2D eigenvalue weighted by atomic mass is 14.5. The van der Waals surface area contributed by atoms with E-state index >= 15 is 0 Å². The summed E-state index contributed by atoms with van der Waals surface area (Å²) in [4.78, 5) is 0. The molecule has 0 atom stereocenters. The Hall–Kier alpha value is -4.94. The van der Waals surface area contributed by atoms with Gasteiger partial charge in [-0.1, -0.05) is 214 Å². The summed E-state index contributed by atoms with van der Waals surface area (Å²) in [7, 11) is 0. The highest BCUT2D eigenvalue weighted by Crippen LogP contribution is 2.57. The van der Waals surface area contributed by atoms with Crippen LogP contribution in [-0.2, 0) is 5.41 Å². The second-order valence-corrected chi connectivity index (χ2v) is 15.5. The molecular weight excluding hydrogens is 709 g/mol. The number of hydrogen-bond donors (Lipinski definition) is 0. The molecule has 0 nitrogen and oxygen atoms in total. The topological polar surface area (TPSA) is 0 Å². The molecule has 6 aromatic carbocycles. The van der Waals surface area contributed by atoms with Crippen LogP contribution in [0.5, 0.6) is 0 Å². The van der Waals surface area contributed by atoms with Crippen LogP contribution in [0.4, 0.5) is 0 Å². The summed E-state index contributed by atoms with van der Waals surface area (Å²) in [5, 5.41) is 2.61. The first-order valence-corrected chi connectivity index (χ1v) is 23.2. The first-order chi connectivity index (χ1) is 28.9. The number of unbranched alkanes of at least 4 members (excludes halogenated alkanes) is 1. The van der Waals surface area contributed by atoms with Gasteiger partial charge in [0.15, 0.2) is 0 Å². The van der Waals surface area contributed by atoms with Gasteiger partial charge in [0.25, 0.3) is 0 Å². The lowest BCUT2D eigenvalue weighted by Gasteiger charge is -2.36. The molecule has 0 amide bonds. The van der Waals surface area contributed by atoms with E-state index in [1.54, 1.807) is 11.1 Å². The van der Waals surface area contributed by atoms with E-state index < -0.39 is 0 Å². The highest BCUT2D eigenvalue weighted by Gasteiger charge is 2.44. The molecule has 3 aliphatic rings. The third-order valence-corrected chi connectivity index (χ3v) is 11.9. The van der Waals surface area contributed by atoms with Gasteiger partial charge in [0.05, 0.1) is 0 Å². The highest BCUT2D eigenvalue weighted by molar-refractivity contribution is 5.90. The number of benzene rings is 6. The van der Waals surface area contributed by atoms with Gasteiger partial charge in [-0.25, -0.2) is 0 Å². The zero-order valence-corrected chi connectivity index (χ0v) is 38.6. The van der Waals surface area contributed by atoms with E-state index in [1.165, 1.54) is 130 Å². The van der Waals surface area contributed by atoms with Gasteiger partial charge in [-0.15, -0.1) is 0 Å². The van der Waals surface area contributed by atoms with Crippen molar-refractivity contribution in [1.29, 1.82) is 0 Å². The van der Waals surface area contributed by atoms with Crippen molar-refractivity contribution in [1.82, 2.24) is 0 Å². The van der Waals surface area contributed by atoms with Gasteiger partial charge in [0.1, 0.15) is 0 Å². The summed E-state index contributed by atoms with van der Waals surface area (Å²) in [5.41, 5.74) is 18.5. The quantitative estimate of drug-likeness (QED) is 0.167. The number of hydrogen-bond acceptors (Lipinski definition) is 0. The van der Waals surface area contributed by atoms with Crippen molar-refractivity contribution in [2.45, 2.75) is 139 Å². The molecule has 1 spiro atoms. The fraction of sp³-hybridized carbons (Fsp3) is 0.356. The Kier molecular flexibility index (Phi) is 18.7. The maximum Gasteiger partial charge on any atom is 0.0215 e. The lowest BCUT2D eigenvalue weighted by molar-refractivity contribution is 0.353. The molecule has 9 rings (SSSR count). The van der Waals surface area contributed by atoms with E-state index in [1.807, 2.05) is 41.5 Å². The van der Waals surface area contributed by atoms with Crippen molar-refractivity contribution in [2.24, 2.45) is 0 Å². The van der Waals surface area contributed by atoms with Gasteiger partial charge >= 0.3 is 0 Å². The minimum Gasteiger partial charge on any atom is -0.0839 e. The van der Waals surface area contributed by atoms with Gasteiger partial charge in [0.2, 0.25) is 0 Å². The Labute approximate surface area is 360 Å². The maximum absolute atomic E-state index is 2.52. The maximum atomic E-state index is 2.52. The molecular formula is C59H74. The number of allylic oxidation sites excluding steroid dienone is 4. The van der Waals surface area contributed by atoms with Gasteiger partial charge in [0, 0.05) is 5.41 Å². The predicted octanol–water partition coefficient (Wildman–Crippen LogP) is 18.7. The second kappa shape index (κ2) is 23.6. The standard InChI is InChI=1S/C35H30.C14H16.C4H10.3C2H6/c1-24-9-11-26(12-10-24)29-15-17-31-32-18-16-30(28-14-13-25-7-3-4-8-27(25)21-28)23-34(32)35(33(31)22-29)19-5-2-6-20-35;1-11-7-3-5-9-13(11)14-10-6-4-8-12(14)2;1-3-4-2;3*1-2/h3-4,7-18,21-23H,2,5-6,19-20H2,1H3;3-5,7-9H,6,10H2,1-2H3;3-4H2,1-2H3;3*1-2H3. The lowest BCUT2D eigenvalue weighted by atomic mass is 9.67. The summed E-state index contributed by atoms with van der Waals surface area (Å²) in [6.45, 7) is 22.9. The first-order valence-electron chi connectivity index (χ1n) is 23.2. The van der Waals surface area contributed by atoms with Crippen molar-refractivity contribution in [3.8, 4) is 33.4 Å². The van der Waals surface area contributed by atoms with Crippen molar-refractivity contribution in [3.63, 3.8) is 0 Å². The molecule has 59 heavy (non-hydrogen) atoms. The normalized spacial score (nSPS) is 14.0. The average molecular weight is 783 g/mol. The molecule has 1 fully saturated rings. The van der Waals surface area contributed by atoms with Crippen LogP contribution in [0.25, 0.3) is 49.7 Å². The SMILES string of the molecule is CC.CC.CC.CC1=C(c2ccccc2C)CCC=C1.CCCC.Cc1ccc(-c2ccc3c(c2)C2(CCCCC2)c2cc(-c4ccc5ccccc5c4)ccc2-3)cc1. The molecule has 0 radical (unpaired) electrons. The molecule has 1 saturated carbocycles. The third-order valence-electron chi connectivity index (χ3n) is 11.9. The summed E-state index contributed by atoms with van der Waals surface area (Å²) in [5.74, 6) is 0. The molecule has 0 bridgehead atoms. The van der Waals surface area contributed by atoms with Gasteiger partial charge < -0.3 is 0 Å². The summed E-state index contributed by atoms with van der Waals surface area (Å²) in [6.07, 6.45) is 16.0. The predicted molar refractivity (Wildman–Crippen MR) is 266 cm³/mol. The molecule has 0 saturated heterocycles. The third kappa shape index (κ3) is 11.0. The summed E-state index contributed by atoms with van der Waals surface area (Å²) >= 11 is 0. The van der Waals surface area contributed by atoms with Crippen LogP contribution < -0.4 is 0 Å². The molecule has 0 heteroatoms. The molecule has 0 unspecified atom stereocenters. The van der Waals surface area contributed by atoms with Crippen LogP contribution in [-0.4, -0.2) is 0 Å². The fourth-order valence-electron chi connectivity index (χ4n) is 8.71. The van der Waals surface area contributed by atoms with Crippen LogP contribution in [0, 0.1) is 13.8 Å². The van der Waals surface area contributed by atoms with Crippen LogP contribution in [0.1, 0.15) is 148 Å². The van der Waals surface area contributed by atoms with Crippen molar-refractivity contribution in [2.75, 3.05) is 0 Å². The van der Waals surface area contributed by atoms with E-state index in [9.17, 15) is 0 Å². The average Bonchev–Trinajstić information content (AvgIpc) is 3.56. The van der Waals surface area contributed by atoms with Crippen LogP contribution >= 0.6 is 0 Å². The molecule has 0 aliphatic heterocycles. The van der Waals surface area contributed by atoms with Crippen molar-refractivity contribution >= 4 is 16.3 Å². The molecule has 6 aromatic rings. The Morgan fingerprint density at radius 1 is 0.475 bits per heavy atom. The monoisotopic (exact) mass is 783 g/mol. The summed E-state index contributed by atoms with van der Waals surface area (Å²) in [6, 6.07) is 47.7. The van der Waals surface area contributed by atoms with E-state index in [2.05, 4.69) is 174 Å². The first kappa shape index (κ1) is 46.7. The molecule has 0 N–H and O–H groups in total. The van der Waals surface area contributed by atoms with Crippen molar-refractivity contribution < 1.29 is 0 Å². The van der Waals surface area contributed by atoms with Gasteiger partial charge in [-0.3, -0.25) is 0 Å². The van der Waals surface area contributed by atoms with Crippen LogP contribution in [0.2, 0.25) is 0 Å². The Balaban J connectivity index is 0.000000266. The molecule has 3 aliphatic carbocycles. The largest absolute Gasteiger partial charge is 0.0839 e. The summed E-state index contributed by atoms with van der Waals surface area (Å²) < 4.78 is 0. The lowest BCUT2D eigenvalue weighted by Crippen LogP contribution is -2.28. The van der Waals surface area contributed by atoms with Crippen molar-refractivity contribution in [3.05, 3.63) is 173 Å². The smallest absolute Gasteiger partial charge is 0.0215 e. The van der Waals surface area contributed by atoms with E-state index in [-0.39, 0.29) is 5.41 Å². The second-order valence-electron chi connectivity index (χ2n) is 15.5. The van der Waals surface area contributed by atoms with E-state index in [0.29, 0.717) is 0 Å². The molecule has 310 valence electrons. The fourth-order valence-corrected chi connectivity index (χ4v) is 8.71. The Morgan fingerprint density at radius 3 is 1.56 bits per heavy atom. The van der Waals surface area contributed by atoms with Gasteiger partial charge in [-0.05, 0) is 142 Å². The minimum absolute atomic E-state index is 0.149.